The molecule has 0 aliphatic carbocycles. The van der Waals surface area contributed by atoms with Crippen LogP contribution >= 0.6 is 0 Å². The smallest absolute Gasteiger partial charge is 0.277 e. The molecule has 1 rings (SSSR count). The minimum Gasteiger partial charge on any atom is -0.365 e. The lowest BCUT2D eigenvalue weighted by Crippen LogP contribution is -2.33. The van der Waals surface area contributed by atoms with Gasteiger partial charge >= 0.3 is 0 Å². The molecule has 0 saturated heterocycles. The normalized spacial score (nSPS) is 11.3. The van der Waals surface area contributed by atoms with Gasteiger partial charge in [0.15, 0.2) is 0 Å². The molecule has 1 N–H and O–H groups in total. The monoisotopic (exact) mass is 237 g/mol. The van der Waals surface area contributed by atoms with Gasteiger partial charge in [0.05, 0.1) is 11.0 Å². The molecule has 1 aromatic rings. The Labute approximate surface area is 101 Å². The molecule has 94 valence electrons. The van der Waals surface area contributed by atoms with Gasteiger partial charge in [-0.3, -0.25) is 10.1 Å². The van der Waals surface area contributed by atoms with Gasteiger partial charge in [-0.1, -0.05) is 13.8 Å². The molecular formula is C12H19N3O2. The maximum absolute atomic E-state index is 10.8. The van der Waals surface area contributed by atoms with Crippen molar-refractivity contribution in [3.8, 4) is 0 Å². The Morgan fingerprint density at radius 3 is 2.53 bits per heavy atom. The van der Waals surface area contributed by atoms with Crippen molar-refractivity contribution in [1.29, 1.82) is 0 Å². The van der Waals surface area contributed by atoms with Crippen LogP contribution in [0.3, 0.4) is 0 Å². The summed E-state index contributed by atoms with van der Waals surface area (Å²) in [4.78, 5) is 14.6. The number of pyridine rings is 1. The number of hydrogen-bond donors (Lipinski definition) is 1. The van der Waals surface area contributed by atoms with E-state index in [9.17, 15) is 10.1 Å². The summed E-state index contributed by atoms with van der Waals surface area (Å²) in [6, 6.07) is 1.50. The second kappa shape index (κ2) is 5.12. The highest BCUT2D eigenvalue weighted by Gasteiger charge is 2.21. The third kappa shape index (κ3) is 3.15. The van der Waals surface area contributed by atoms with Crippen molar-refractivity contribution >= 4 is 11.5 Å². The molecule has 0 bridgehead atoms. The first-order chi connectivity index (χ1) is 7.91. The third-order valence-electron chi connectivity index (χ3n) is 3.26. The van der Waals surface area contributed by atoms with E-state index in [1.54, 1.807) is 6.92 Å². The van der Waals surface area contributed by atoms with Gasteiger partial charge < -0.3 is 5.32 Å². The fraction of sp³-hybridized carbons (Fsp3) is 0.583. The topological polar surface area (TPSA) is 68.1 Å². The van der Waals surface area contributed by atoms with Crippen LogP contribution in [0.5, 0.6) is 0 Å². The Balaban J connectivity index is 3.01. The molecule has 0 aromatic carbocycles. The minimum atomic E-state index is -0.378. The number of aryl methyl sites for hydroxylation is 1. The van der Waals surface area contributed by atoms with E-state index in [1.165, 1.54) is 12.3 Å². The van der Waals surface area contributed by atoms with Crippen LogP contribution in [0.1, 0.15) is 39.2 Å². The molecule has 5 heteroatoms. The predicted octanol–water partition coefficient (Wildman–Crippen LogP) is 3.29. The Morgan fingerprint density at radius 2 is 2.06 bits per heavy atom. The standard InChI is InChI=1S/C12H19N3O2/c1-5-12(4,6-2)14-11-7-10(15(16)17)9(3)8-13-11/h7-8H,5-6H2,1-4H3,(H,13,14). The molecule has 1 aromatic heterocycles. The molecule has 0 amide bonds. The SMILES string of the molecule is CCC(C)(CC)Nc1cc([N+](=O)[O-])c(C)cn1. The van der Waals surface area contributed by atoms with Gasteiger partial charge in [-0.15, -0.1) is 0 Å². The van der Waals surface area contributed by atoms with Gasteiger partial charge in [-0.2, -0.15) is 0 Å². The summed E-state index contributed by atoms with van der Waals surface area (Å²) >= 11 is 0. The van der Waals surface area contributed by atoms with E-state index in [1.807, 2.05) is 0 Å². The molecule has 0 unspecified atom stereocenters. The van der Waals surface area contributed by atoms with Crippen LogP contribution in [-0.2, 0) is 0 Å². The van der Waals surface area contributed by atoms with E-state index in [-0.39, 0.29) is 16.1 Å². The van der Waals surface area contributed by atoms with Crippen LogP contribution < -0.4 is 5.32 Å². The molecule has 0 aliphatic rings. The maximum Gasteiger partial charge on any atom is 0.277 e. The van der Waals surface area contributed by atoms with Gasteiger partial charge in [0.25, 0.3) is 5.69 Å². The van der Waals surface area contributed by atoms with Crippen molar-refractivity contribution in [3.05, 3.63) is 27.9 Å². The van der Waals surface area contributed by atoms with Crippen LogP contribution in [0.15, 0.2) is 12.3 Å². The number of nitro groups is 1. The van der Waals surface area contributed by atoms with Gasteiger partial charge in [0, 0.05) is 17.3 Å². The summed E-state index contributed by atoms with van der Waals surface area (Å²) in [5, 5.41) is 14.1. The van der Waals surface area contributed by atoms with Crippen molar-refractivity contribution < 1.29 is 4.92 Å². The third-order valence-corrected chi connectivity index (χ3v) is 3.26. The lowest BCUT2D eigenvalue weighted by atomic mass is 9.95. The van der Waals surface area contributed by atoms with Crippen LogP contribution in [0.2, 0.25) is 0 Å². The number of aromatic nitrogens is 1. The highest BCUT2D eigenvalue weighted by atomic mass is 16.6. The van der Waals surface area contributed by atoms with Crippen molar-refractivity contribution in [1.82, 2.24) is 4.98 Å². The number of nitrogens with one attached hydrogen (secondary N) is 1. The Kier molecular flexibility index (Phi) is 4.04. The molecule has 5 nitrogen and oxygen atoms in total. The fourth-order valence-electron chi connectivity index (χ4n) is 1.51. The molecular weight excluding hydrogens is 218 g/mol. The second-order valence-corrected chi connectivity index (χ2v) is 4.51. The first-order valence-corrected chi connectivity index (χ1v) is 5.81. The van der Waals surface area contributed by atoms with E-state index in [0.717, 1.165) is 12.8 Å². The summed E-state index contributed by atoms with van der Waals surface area (Å²) < 4.78 is 0. The Hall–Kier alpha value is -1.65. The van der Waals surface area contributed by atoms with Crippen molar-refractivity contribution in [2.24, 2.45) is 0 Å². The lowest BCUT2D eigenvalue weighted by Gasteiger charge is -2.28. The van der Waals surface area contributed by atoms with Gasteiger partial charge in [-0.25, -0.2) is 4.98 Å². The van der Waals surface area contributed by atoms with Crippen LogP contribution in [0.25, 0.3) is 0 Å². The zero-order valence-electron chi connectivity index (χ0n) is 10.8. The molecule has 0 aliphatic heterocycles. The van der Waals surface area contributed by atoms with Crippen molar-refractivity contribution in [2.75, 3.05) is 5.32 Å². The van der Waals surface area contributed by atoms with Gasteiger partial charge in [0.1, 0.15) is 5.82 Å². The largest absolute Gasteiger partial charge is 0.365 e. The molecule has 0 radical (unpaired) electrons. The summed E-state index contributed by atoms with van der Waals surface area (Å²) in [5.74, 6) is 0.563. The molecule has 0 atom stereocenters. The number of rotatable bonds is 5. The number of hydrogen-bond acceptors (Lipinski definition) is 4. The van der Waals surface area contributed by atoms with Crippen molar-refractivity contribution in [3.63, 3.8) is 0 Å². The summed E-state index contributed by atoms with van der Waals surface area (Å²) in [6.07, 6.45) is 3.41. The quantitative estimate of drug-likeness (QED) is 0.630. The van der Waals surface area contributed by atoms with E-state index in [0.29, 0.717) is 11.4 Å². The summed E-state index contributed by atoms with van der Waals surface area (Å²) in [6.45, 7) is 7.94. The summed E-state index contributed by atoms with van der Waals surface area (Å²) in [5.41, 5.74) is 0.614. The van der Waals surface area contributed by atoms with E-state index >= 15 is 0 Å². The van der Waals surface area contributed by atoms with Gasteiger partial charge in [0.2, 0.25) is 0 Å². The van der Waals surface area contributed by atoms with E-state index < -0.39 is 0 Å². The number of anilines is 1. The average molecular weight is 237 g/mol. The maximum atomic E-state index is 10.8. The zero-order chi connectivity index (χ0) is 13.1. The molecule has 0 fully saturated rings. The molecule has 0 saturated carbocycles. The van der Waals surface area contributed by atoms with Gasteiger partial charge in [-0.05, 0) is 26.7 Å². The van der Waals surface area contributed by atoms with Crippen LogP contribution in [-0.4, -0.2) is 15.4 Å². The average Bonchev–Trinajstić information content (AvgIpc) is 2.31. The van der Waals surface area contributed by atoms with Crippen LogP contribution in [0, 0.1) is 17.0 Å². The highest BCUT2D eigenvalue weighted by Crippen LogP contribution is 2.24. The predicted molar refractivity (Wildman–Crippen MR) is 68.2 cm³/mol. The van der Waals surface area contributed by atoms with Crippen molar-refractivity contribution in [2.45, 2.75) is 46.1 Å². The Bertz CT molecular complexity index is 414. The molecule has 0 spiro atoms. The second-order valence-electron chi connectivity index (χ2n) is 4.51. The Morgan fingerprint density at radius 1 is 1.47 bits per heavy atom. The minimum absolute atomic E-state index is 0.0733. The highest BCUT2D eigenvalue weighted by molar-refractivity contribution is 5.50. The lowest BCUT2D eigenvalue weighted by molar-refractivity contribution is -0.385. The first-order valence-electron chi connectivity index (χ1n) is 5.81. The summed E-state index contributed by atoms with van der Waals surface area (Å²) in [7, 11) is 0. The first kappa shape index (κ1) is 13.4. The fourth-order valence-corrected chi connectivity index (χ4v) is 1.51. The number of nitrogens with zero attached hydrogens (tertiary/aromatic N) is 2. The molecule has 1 heterocycles. The van der Waals surface area contributed by atoms with E-state index in [2.05, 4.69) is 31.1 Å². The van der Waals surface area contributed by atoms with E-state index in [4.69, 9.17) is 0 Å². The van der Waals surface area contributed by atoms with Crippen LogP contribution in [0.4, 0.5) is 11.5 Å². The zero-order valence-corrected chi connectivity index (χ0v) is 10.8. The molecule has 17 heavy (non-hydrogen) atoms.